The zero-order chi connectivity index (χ0) is 10.2. The maximum absolute atomic E-state index is 9.74. The molecule has 0 aliphatic rings. The Kier molecular flexibility index (Phi) is 6.66. The lowest BCUT2D eigenvalue weighted by Gasteiger charge is -2.24. The van der Waals surface area contributed by atoms with E-state index in [1.54, 1.807) is 14.2 Å². The van der Waals surface area contributed by atoms with E-state index in [9.17, 15) is 4.79 Å². The third-order valence-corrected chi connectivity index (χ3v) is 4.40. The molecule has 0 atom stereocenters. The zero-order valence-electron chi connectivity index (χ0n) is 8.20. The van der Waals surface area contributed by atoms with E-state index in [0.29, 0.717) is 19.2 Å². The van der Waals surface area contributed by atoms with Crippen LogP contribution in [0.2, 0.25) is 6.04 Å². The van der Waals surface area contributed by atoms with Gasteiger partial charge in [-0.05, 0) is 0 Å². The van der Waals surface area contributed by atoms with E-state index in [1.807, 2.05) is 6.92 Å². The molecule has 13 heavy (non-hydrogen) atoms. The molecule has 0 aromatic rings. The van der Waals surface area contributed by atoms with E-state index in [0.717, 1.165) is 0 Å². The highest BCUT2D eigenvalue weighted by atomic mass is 28.4. The Labute approximate surface area is 79.1 Å². The maximum Gasteiger partial charge on any atom is 0.500 e. The molecule has 0 saturated carbocycles. The lowest BCUT2D eigenvalue weighted by Crippen LogP contribution is -2.43. The van der Waals surface area contributed by atoms with Crippen LogP contribution in [0.15, 0.2) is 4.99 Å². The molecule has 0 fully saturated rings. The molecule has 5 nitrogen and oxygen atoms in total. The Balaban J connectivity index is 3.87. The van der Waals surface area contributed by atoms with E-state index in [2.05, 4.69) is 4.99 Å². The first-order chi connectivity index (χ1) is 6.24. The average Bonchev–Trinajstić information content (AvgIpc) is 2.20. The molecule has 0 heterocycles. The number of carbonyl (C=O) groups excluding carboxylic acids is 1. The van der Waals surface area contributed by atoms with Crippen molar-refractivity contribution < 1.29 is 18.1 Å². The molecule has 0 amide bonds. The molecule has 0 aromatic heterocycles. The average molecular weight is 205 g/mol. The molecule has 0 radical (unpaired) electrons. The van der Waals surface area contributed by atoms with Gasteiger partial charge in [0.1, 0.15) is 0 Å². The first-order valence-corrected chi connectivity index (χ1v) is 5.95. The minimum absolute atomic E-state index is 0.297. The lowest BCUT2D eigenvalue weighted by molar-refractivity contribution is 0.103. The van der Waals surface area contributed by atoms with Gasteiger partial charge in [0.2, 0.25) is 6.08 Å². The summed E-state index contributed by atoms with van der Waals surface area (Å²) < 4.78 is 15.7. The SMILES string of the molecule is CC[Si](OC)(OC)OCCN=C=O. The monoisotopic (exact) mass is 205 g/mol. The molecule has 76 valence electrons. The van der Waals surface area contributed by atoms with E-state index >= 15 is 0 Å². The minimum atomic E-state index is -2.46. The predicted octanol–water partition coefficient (Wildman–Crippen LogP) is 0.590. The number of nitrogens with zero attached hydrogens (tertiary/aromatic N) is 1. The van der Waals surface area contributed by atoms with Crippen LogP contribution in [0.25, 0.3) is 0 Å². The molecule has 6 heteroatoms. The summed E-state index contributed by atoms with van der Waals surface area (Å²) in [5, 5.41) is 0. The normalized spacial score (nSPS) is 11.0. The Morgan fingerprint density at radius 1 is 1.38 bits per heavy atom. The van der Waals surface area contributed by atoms with Crippen LogP contribution in [0.1, 0.15) is 6.92 Å². The summed E-state index contributed by atoms with van der Waals surface area (Å²) in [6, 6.07) is 0.699. The summed E-state index contributed by atoms with van der Waals surface area (Å²) in [5.74, 6) is 0. The van der Waals surface area contributed by atoms with Gasteiger partial charge in [0, 0.05) is 20.3 Å². The van der Waals surface area contributed by atoms with Crippen molar-refractivity contribution in [3.8, 4) is 0 Å². The molecule has 0 aliphatic carbocycles. The predicted molar refractivity (Wildman–Crippen MR) is 49.2 cm³/mol. The van der Waals surface area contributed by atoms with Crippen molar-refractivity contribution in [1.29, 1.82) is 0 Å². The van der Waals surface area contributed by atoms with Crippen molar-refractivity contribution in [2.45, 2.75) is 13.0 Å². The molecule has 0 aliphatic heterocycles. The Morgan fingerprint density at radius 3 is 2.38 bits per heavy atom. The molecular formula is C7H15NO4Si. The fraction of sp³-hybridized carbons (Fsp3) is 0.857. The van der Waals surface area contributed by atoms with Gasteiger partial charge < -0.3 is 13.3 Å². The smallest absolute Gasteiger partial charge is 0.377 e. The van der Waals surface area contributed by atoms with Gasteiger partial charge in [0.05, 0.1) is 13.2 Å². The summed E-state index contributed by atoms with van der Waals surface area (Å²) in [6.45, 7) is 2.56. The van der Waals surface area contributed by atoms with Crippen LogP contribution < -0.4 is 0 Å². The zero-order valence-corrected chi connectivity index (χ0v) is 9.20. The van der Waals surface area contributed by atoms with Gasteiger partial charge in [0.15, 0.2) is 0 Å². The Bertz CT molecular complexity index is 169. The molecule has 0 spiro atoms. The van der Waals surface area contributed by atoms with Gasteiger partial charge in [0.25, 0.3) is 0 Å². The molecule has 0 aromatic carbocycles. The second-order valence-corrected chi connectivity index (χ2v) is 5.44. The van der Waals surface area contributed by atoms with Crippen LogP contribution in [0.5, 0.6) is 0 Å². The second-order valence-electron chi connectivity index (χ2n) is 2.27. The van der Waals surface area contributed by atoms with Gasteiger partial charge in [-0.3, -0.25) is 0 Å². The molecule has 0 N–H and O–H groups in total. The summed E-state index contributed by atoms with van der Waals surface area (Å²) in [5.41, 5.74) is 0. The van der Waals surface area contributed by atoms with E-state index in [1.165, 1.54) is 6.08 Å². The maximum atomic E-state index is 9.74. The lowest BCUT2D eigenvalue weighted by atomic mass is 10.7. The Morgan fingerprint density at radius 2 is 2.00 bits per heavy atom. The molecule has 0 bridgehead atoms. The molecular weight excluding hydrogens is 190 g/mol. The van der Waals surface area contributed by atoms with Gasteiger partial charge in [-0.25, -0.2) is 9.79 Å². The van der Waals surface area contributed by atoms with Gasteiger partial charge in [-0.1, -0.05) is 6.92 Å². The van der Waals surface area contributed by atoms with Crippen LogP contribution >= 0.6 is 0 Å². The highest BCUT2D eigenvalue weighted by Gasteiger charge is 2.36. The third kappa shape index (κ3) is 4.30. The number of rotatable bonds is 7. The first kappa shape index (κ1) is 12.5. The Hall–Kier alpha value is -0.523. The number of isocyanates is 1. The number of aliphatic imine (C=N–C) groups is 1. The largest absolute Gasteiger partial charge is 0.500 e. The second kappa shape index (κ2) is 6.94. The first-order valence-electron chi connectivity index (χ1n) is 4.02. The van der Waals surface area contributed by atoms with Crippen molar-refractivity contribution in [3.05, 3.63) is 0 Å². The summed E-state index contributed by atoms with van der Waals surface area (Å²) in [7, 11) is 0.658. The summed E-state index contributed by atoms with van der Waals surface area (Å²) in [6.07, 6.45) is 1.44. The van der Waals surface area contributed by atoms with E-state index < -0.39 is 8.80 Å². The van der Waals surface area contributed by atoms with Crippen molar-refractivity contribution in [1.82, 2.24) is 0 Å². The van der Waals surface area contributed by atoms with Crippen LogP contribution in [-0.2, 0) is 18.1 Å². The molecule has 0 saturated heterocycles. The van der Waals surface area contributed by atoms with E-state index in [-0.39, 0.29) is 0 Å². The van der Waals surface area contributed by atoms with Crippen LogP contribution in [-0.4, -0.2) is 42.3 Å². The van der Waals surface area contributed by atoms with Crippen molar-refractivity contribution in [3.63, 3.8) is 0 Å². The van der Waals surface area contributed by atoms with Crippen LogP contribution in [0.3, 0.4) is 0 Å². The highest BCUT2D eigenvalue weighted by molar-refractivity contribution is 6.60. The number of hydrogen-bond donors (Lipinski definition) is 0. The van der Waals surface area contributed by atoms with Gasteiger partial charge in [-0.15, -0.1) is 0 Å². The van der Waals surface area contributed by atoms with Crippen LogP contribution in [0, 0.1) is 0 Å². The third-order valence-electron chi connectivity index (χ3n) is 1.64. The topological polar surface area (TPSA) is 57.1 Å². The van der Waals surface area contributed by atoms with Crippen LogP contribution in [0.4, 0.5) is 0 Å². The quantitative estimate of drug-likeness (QED) is 0.264. The number of hydrogen-bond acceptors (Lipinski definition) is 5. The molecule has 0 unspecified atom stereocenters. The van der Waals surface area contributed by atoms with Crippen molar-refractivity contribution >= 4 is 14.9 Å². The standard InChI is InChI=1S/C7H15NO4Si/c1-4-13(10-2,11-3)12-6-5-8-7-9/h4-6H2,1-3H3. The summed E-state index contributed by atoms with van der Waals surface area (Å²) >= 11 is 0. The van der Waals surface area contributed by atoms with E-state index in [4.69, 9.17) is 13.3 Å². The fourth-order valence-electron chi connectivity index (χ4n) is 0.884. The van der Waals surface area contributed by atoms with Gasteiger partial charge >= 0.3 is 8.80 Å². The fourth-order valence-corrected chi connectivity index (χ4v) is 2.47. The van der Waals surface area contributed by atoms with Crippen molar-refractivity contribution in [2.75, 3.05) is 27.4 Å². The van der Waals surface area contributed by atoms with Crippen molar-refractivity contribution in [2.24, 2.45) is 4.99 Å². The minimum Gasteiger partial charge on any atom is -0.377 e. The summed E-state index contributed by atoms with van der Waals surface area (Å²) in [4.78, 5) is 13.1. The molecule has 0 rings (SSSR count). The highest BCUT2D eigenvalue weighted by Crippen LogP contribution is 2.12. The van der Waals surface area contributed by atoms with Gasteiger partial charge in [-0.2, -0.15) is 0 Å².